The summed E-state index contributed by atoms with van der Waals surface area (Å²) in [5, 5.41) is 6.22. The number of benzene rings is 1. The van der Waals surface area contributed by atoms with Crippen LogP contribution in [-0.4, -0.2) is 38.8 Å². The van der Waals surface area contributed by atoms with Crippen LogP contribution >= 0.6 is 0 Å². The smallest absolute Gasteiger partial charge is 0.241 e. The Morgan fingerprint density at radius 3 is 3.05 bits per heavy atom. The van der Waals surface area contributed by atoms with Crippen molar-refractivity contribution in [1.29, 1.82) is 0 Å². The Morgan fingerprint density at radius 2 is 2.29 bits per heavy atom. The van der Waals surface area contributed by atoms with E-state index in [1.807, 2.05) is 24.3 Å². The Balaban J connectivity index is 1.83. The van der Waals surface area contributed by atoms with Crippen LogP contribution < -0.4 is 10.6 Å². The zero-order valence-corrected chi connectivity index (χ0v) is 12.6. The first-order chi connectivity index (χ1) is 10.3. The molecule has 1 aliphatic rings. The van der Waals surface area contributed by atoms with E-state index >= 15 is 0 Å². The van der Waals surface area contributed by atoms with Gasteiger partial charge >= 0.3 is 0 Å². The largest absolute Gasteiger partial charge is 0.382 e. The van der Waals surface area contributed by atoms with Crippen LogP contribution in [-0.2, 0) is 20.9 Å². The molecule has 0 aliphatic carbocycles. The van der Waals surface area contributed by atoms with Crippen molar-refractivity contribution in [2.24, 2.45) is 0 Å². The molecule has 21 heavy (non-hydrogen) atoms. The normalized spacial score (nSPS) is 18.4. The van der Waals surface area contributed by atoms with E-state index in [9.17, 15) is 4.79 Å². The molecule has 5 nitrogen and oxygen atoms in total. The molecule has 1 heterocycles. The third-order valence-corrected chi connectivity index (χ3v) is 3.52. The van der Waals surface area contributed by atoms with Crippen LogP contribution in [0, 0.1) is 0 Å². The Kier molecular flexibility index (Phi) is 6.66. The maximum Gasteiger partial charge on any atom is 0.241 e. The third-order valence-electron chi connectivity index (χ3n) is 3.52. The van der Waals surface area contributed by atoms with E-state index < -0.39 is 0 Å². The van der Waals surface area contributed by atoms with Crippen molar-refractivity contribution in [2.75, 3.05) is 32.2 Å². The number of methoxy groups -OCH3 is 1. The number of hydrogen-bond donors (Lipinski definition) is 2. The fraction of sp³-hybridized carbons (Fsp3) is 0.562. The molecule has 0 unspecified atom stereocenters. The molecule has 2 rings (SSSR count). The molecule has 1 atom stereocenters. The molecule has 2 N–H and O–H groups in total. The molecular formula is C16H24N2O3. The first-order valence-corrected chi connectivity index (χ1v) is 7.49. The maximum atomic E-state index is 12.2. The van der Waals surface area contributed by atoms with Crippen LogP contribution in [0.4, 0.5) is 5.69 Å². The lowest BCUT2D eigenvalue weighted by Crippen LogP contribution is -2.43. The van der Waals surface area contributed by atoms with Crippen LogP contribution in [0.2, 0.25) is 0 Å². The molecule has 0 saturated carbocycles. The van der Waals surface area contributed by atoms with E-state index in [4.69, 9.17) is 9.47 Å². The third kappa shape index (κ3) is 5.46. The summed E-state index contributed by atoms with van der Waals surface area (Å²) in [5.74, 6) is 0.0483. The standard InChI is InChI=1S/C16H24N2O3/c1-20-9-10-21-12-13-5-4-6-14(11-13)18-16(19)15-7-2-3-8-17-15/h4-6,11,15,17H,2-3,7-10,12H2,1H3,(H,18,19)/t15-/m1/s1. The lowest BCUT2D eigenvalue weighted by atomic mass is 10.0. The summed E-state index contributed by atoms with van der Waals surface area (Å²) >= 11 is 0. The molecule has 0 bridgehead atoms. The van der Waals surface area contributed by atoms with Gasteiger partial charge in [-0.25, -0.2) is 0 Å². The molecule has 1 aromatic rings. The van der Waals surface area contributed by atoms with E-state index in [2.05, 4.69) is 10.6 Å². The van der Waals surface area contributed by atoms with Crippen LogP contribution in [0.15, 0.2) is 24.3 Å². The number of hydrogen-bond acceptors (Lipinski definition) is 4. The van der Waals surface area contributed by atoms with Gasteiger partial charge in [0.2, 0.25) is 5.91 Å². The monoisotopic (exact) mass is 292 g/mol. The minimum Gasteiger partial charge on any atom is -0.382 e. The quantitative estimate of drug-likeness (QED) is 0.754. The van der Waals surface area contributed by atoms with Gasteiger partial charge in [-0.2, -0.15) is 0 Å². The van der Waals surface area contributed by atoms with Gasteiger partial charge in [0.05, 0.1) is 25.9 Å². The summed E-state index contributed by atoms with van der Waals surface area (Å²) < 4.78 is 10.4. The van der Waals surface area contributed by atoms with Crippen molar-refractivity contribution in [3.05, 3.63) is 29.8 Å². The molecule has 0 radical (unpaired) electrons. The van der Waals surface area contributed by atoms with Gasteiger partial charge in [0.15, 0.2) is 0 Å². The topological polar surface area (TPSA) is 59.6 Å². The molecule has 1 fully saturated rings. The average molecular weight is 292 g/mol. The molecule has 1 amide bonds. The second-order valence-corrected chi connectivity index (χ2v) is 5.24. The number of ether oxygens (including phenoxy) is 2. The highest BCUT2D eigenvalue weighted by Gasteiger charge is 2.20. The Hall–Kier alpha value is -1.43. The molecule has 1 aliphatic heterocycles. The highest BCUT2D eigenvalue weighted by molar-refractivity contribution is 5.94. The van der Waals surface area contributed by atoms with Gasteiger partial charge in [0.25, 0.3) is 0 Å². The second-order valence-electron chi connectivity index (χ2n) is 5.24. The highest BCUT2D eigenvalue weighted by Crippen LogP contribution is 2.14. The van der Waals surface area contributed by atoms with Crippen LogP contribution in [0.1, 0.15) is 24.8 Å². The second kappa shape index (κ2) is 8.77. The van der Waals surface area contributed by atoms with Crippen molar-refractivity contribution in [1.82, 2.24) is 5.32 Å². The minimum absolute atomic E-state index is 0.0483. The number of anilines is 1. The average Bonchev–Trinajstić information content (AvgIpc) is 2.53. The molecule has 116 valence electrons. The van der Waals surface area contributed by atoms with Crippen molar-refractivity contribution in [3.63, 3.8) is 0 Å². The summed E-state index contributed by atoms with van der Waals surface area (Å²) in [4.78, 5) is 12.2. The summed E-state index contributed by atoms with van der Waals surface area (Å²) in [5.41, 5.74) is 1.86. The lowest BCUT2D eigenvalue weighted by molar-refractivity contribution is -0.118. The van der Waals surface area contributed by atoms with Crippen molar-refractivity contribution >= 4 is 11.6 Å². The molecule has 1 saturated heterocycles. The van der Waals surface area contributed by atoms with Gasteiger partial charge in [-0.3, -0.25) is 4.79 Å². The zero-order chi connectivity index (χ0) is 14.9. The van der Waals surface area contributed by atoms with Crippen LogP contribution in [0.25, 0.3) is 0 Å². The Morgan fingerprint density at radius 1 is 1.38 bits per heavy atom. The molecule has 0 aromatic heterocycles. The van der Waals surface area contributed by atoms with E-state index in [0.717, 1.165) is 37.1 Å². The Labute approximate surface area is 126 Å². The van der Waals surface area contributed by atoms with Gasteiger partial charge in [0, 0.05) is 12.8 Å². The number of carbonyl (C=O) groups is 1. The van der Waals surface area contributed by atoms with Crippen molar-refractivity contribution in [2.45, 2.75) is 31.9 Å². The fourth-order valence-electron chi connectivity index (χ4n) is 2.38. The van der Waals surface area contributed by atoms with E-state index in [1.54, 1.807) is 7.11 Å². The van der Waals surface area contributed by atoms with Gasteiger partial charge in [-0.05, 0) is 37.1 Å². The predicted molar refractivity (Wildman–Crippen MR) is 82.2 cm³/mol. The van der Waals surface area contributed by atoms with E-state index in [0.29, 0.717) is 19.8 Å². The first-order valence-electron chi connectivity index (χ1n) is 7.49. The molecule has 0 spiro atoms. The minimum atomic E-state index is -0.0691. The summed E-state index contributed by atoms with van der Waals surface area (Å²) in [6.45, 7) is 2.60. The van der Waals surface area contributed by atoms with E-state index in [-0.39, 0.29) is 11.9 Å². The number of piperidine rings is 1. The number of amides is 1. The molecule has 1 aromatic carbocycles. The van der Waals surface area contributed by atoms with Gasteiger partial charge in [0.1, 0.15) is 0 Å². The van der Waals surface area contributed by atoms with Gasteiger partial charge < -0.3 is 20.1 Å². The summed E-state index contributed by atoms with van der Waals surface area (Å²) in [6.07, 6.45) is 3.17. The first kappa shape index (κ1) is 15.9. The summed E-state index contributed by atoms with van der Waals surface area (Å²) in [6, 6.07) is 7.70. The van der Waals surface area contributed by atoms with Crippen molar-refractivity contribution in [3.8, 4) is 0 Å². The zero-order valence-electron chi connectivity index (χ0n) is 12.6. The summed E-state index contributed by atoms with van der Waals surface area (Å²) in [7, 11) is 1.65. The van der Waals surface area contributed by atoms with E-state index in [1.165, 1.54) is 0 Å². The SMILES string of the molecule is COCCOCc1cccc(NC(=O)[C@H]2CCCCN2)c1. The number of nitrogens with one attached hydrogen (secondary N) is 2. The molecular weight excluding hydrogens is 268 g/mol. The maximum absolute atomic E-state index is 12.2. The molecule has 5 heteroatoms. The van der Waals surface area contributed by atoms with Gasteiger partial charge in [-0.15, -0.1) is 0 Å². The Bertz CT molecular complexity index is 445. The van der Waals surface area contributed by atoms with Crippen LogP contribution in [0.3, 0.4) is 0 Å². The van der Waals surface area contributed by atoms with Crippen LogP contribution in [0.5, 0.6) is 0 Å². The van der Waals surface area contributed by atoms with Crippen molar-refractivity contribution < 1.29 is 14.3 Å². The fourth-order valence-corrected chi connectivity index (χ4v) is 2.38. The number of rotatable bonds is 7. The predicted octanol–water partition coefficient (Wildman–Crippen LogP) is 1.93. The number of carbonyl (C=O) groups excluding carboxylic acids is 1. The highest BCUT2D eigenvalue weighted by atomic mass is 16.5. The lowest BCUT2D eigenvalue weighted by Gasteiger charge is -2.22. The van der Waals surface area contributed by atoms with Gasteiger partial charge in [-0.1, -0.05) is 18.6 Å².